The summed E-state index contributed by atoms with van der Waals surface area (Å²) >= 11 is 11.9. The zero-order valence-corrected chi connectivity index (χ0v) is 15.6. The van der Waals surface area contributed by atoms with Gasteiger partial charge in [0.1, 0.15) is 5.25 Å². The number of benzene rings is 1. The number of hydrogen-bond donors (Lipinski definition) is 0. The van der Waals surface area contributed by atoms with Gasteiger partial charge in [-0.05, 0) is 43.4 Å². The minimum Gasteiger partial charge on any atom is -0.342 e. The van der Waals surface area contributed by atoms with Crippen molar-refractivity contribution in [1.29, 1.82) is 0 Å². The molecular weight excluding hydrogens is 357 g/mol. The van der Waals surface area contributed by atoms with Crippen molar-refractivity contribution in [2.45, 2.75) is 37.7 Å². The third-order valence-corrected chi connectivity index (χ3v) is 6.93. The Bertz CT molecular complexity index is 683. The summed E-state index contributed by atoms with van der Waals surface area (Å²) in [5.74, 6) is 0.000913. The lowest BCUT2D eigenvalue weighted by Gasteiger charge is -2.32. The number of piperidine rings is 1. The van der Waals surface area contributed by atoms with Gasteiger partial charge >= 0.3 is 0 Å². The van der Waals surface area contributed by atoms with Gasteiger partial charge in [-0.1, -0.05) is 36.2 Å². The molecular formula is C16H21Cl2NO3S. The highest BCUT2D eigenvalue weighted by molar-refractivity contribution is 7.92. The SMILES string of the molecule is CC1CCN(C(=O)C(C)S(=O)(=O)Cc2ccc(Cl)cc2Cl)CC1. The molecule has 0 aliphatic carbocycles. The highest BCUT2D eigenvalue weighted by Crippen LogP contribution is 2.25. The Balaban J connectivity index is 2.10. The normalized spacial score (nSPS) is 18.0. The van der Waals surface area contributed by atoms with Crippen molar-refractivity contribution in [3.05, 3.63) is 33.8 Å². The highest BCUT2D eigenvalue weighted by atomic mass is 35.5. The largest absolute Gasteiger partial charge is 0.342 e. The molecule has 0 radical (unpaired) electrons. The fraction of sp³-hybridized carbons (Fsp3) is 0.562. The van der Waals surface area contributed by atoms with E-state index in [4.69, 9.17) is 23.2 Å². The van der Waals surface area contributed by atoms with Crippen LogP contribution in [0.1, 0.15) is 32.3 Å². The fourth-order valence-corrected chi connectivity index (χ4v) is 4.57. The van der Waals surface area contributed by atoms with Crippen LogP contribution in [-0.2, 0) is 20.4 Å². The van der Waals surface area contributed by atoms with Gasteiger partial charge in [0.25, 0.3) is 0 Å². The highest BCUT2D eigenvalue weighted by Gasteiger charge is 2.33. The molecule has 1 unspecified atom stereocenters. The quantitative estimate of drug-likeness (QED) is 0.805. The smallest absolute Gasteiger partial charge is 0.240 e. The molecule has 128 valence electrons. The van der Waals surface area contributed by atoms with E-state index in [1.807, 2.05) is 0 Å². The molecule has 2 rings (SSSR count). The second kappa shape index (κ2) is 7.41. The lowest BCUT2D eigenvalue weighted by Crippen LogP contribution is -2.45. The Kier molecular flexibility index (Phi) is 5.98. The lowest BCUT2D eigenvalue weighted by molar-refractivity contribution is -0.131. The topological polar surface area (TPSA) is 54.5 Å². The van der Waals surface area contributed by atoms with Crippen LogP contribution in [-0.4, -0.2) is 37.6 Å². The second-order valence-corrected chi connectivity index (χ2v) is 9.36. The number of likely N-dealkylation sites (tertiary alicyclic amines) is 1. The standard InChI is InChI=1S/C16H21Cl2NO3S/c1-11-5-7-19(8-6-11)16(20)12(2)23(21,22)10-13-3-4-14(17)9-15(13)18/h3-4,9,11-12H,5-8,10H2,1-2H3. The number of sulfone groups is 1. The third-order valence-electron chi connectivity index (χ3n) is 4.35. The summed E-state index contributed by atoms with van der Waals surface area (Å²) in [5.41, 5.74) is 0.461. The zero-order valence-electron chi connectivity index (χ0n) is 13.3. The van der Waals surface area contributed by atoms with Crippen LogP contribution in [0.5, 0.6) is 0 Å². The summed E-state index contributed by atoms with van der Waals surface area (Å²) in [4.78, 5) is 14.1. The average molecular weight is 378 g/mol. The molecule has 1 aromatic carbocycles. The minimum absolute atomic E-state index is 0.264. The molecule has 0 saturated carbocycles. The van der Waals surface area contributed by atoms with Gasteiger partial charge in [-0.2, -0.15) is 0 Å². The van der Waals surface area contributed by atoms with Gasteiger partial charge in [-0.15, -0.1) is 0 Å². The molecule has 1 atom stereocenters. The molecule has 1 aliphatic heterocycles. The van der Waals surface area contributed by atoms with Gasteiger partial charge in [-0.25, -0.2) is 8.42 Å². The number of rotatable bonds is 4. The Hall–Kier alpha value is -0.780. The predicted molar refractivity (Wildman–Crippen MR) is 93.5 cm³/mol. The van der Waals surface area contributed by atoms with Gasteiger partial charge in [0.05, 0.1) is 5.75 Å². The van der Waals surface area contributed by atoms with Gasteiger partial charge in [0, 0.05) is 23.1 Å². The molecule has 0 N–H and O–H groups in total. The van der Waals surface area contributed by atoms with E-state index >= 15 is 0 Å². The maximum Gasteiger partial charge on any atom is 0.240 e. The molecule has 0 bridgehead atoms. The van der Waals surface area contributed by atoms with Gasteiger partial charge < -0.3 is 4.90 Å². The van der Waals surface area contributed by atoms with Crippen molar-refractivity contribution in [2.24, 2.45) is 5.92 Å². The molecule has 1 amide bonds. The van der Waals surface area contributed by atoms with E-state index in [1.165, 1.54) is 13.0 Å². The van der Waals surface area contributed by atoms with Crippen molar-refractivity contribution in [3.63, 3.8) is 0 Å². The van der Waals surface area contributed by atoms with Crippen LogP contribution in [0.2, 0.25) is 10.0 Å². The lowest BCUT2D eigenvalue weighted by atomic mass is 9.99. The van der Waals surface area contributed by atoms with E-state index < -0.39 is 15.1 Å². The van der Waals surface area contributed by atoms with E-state index in [1.54, 1.807) is 17.0 Å². The molecule has 1 heterocycles. The number of hydrogen-bond acceptors (Lipinski definition) is 3. The van der Waals surface area contributed by atoms with Crippen molar-refractivity contribution >= 4 is 38.9 Å². The van der Waals surface area contributed by atoms with Gasteiger partial charge in [0.15, 0.2) is 9.84 Å². The van der Waals surface area contributed by atoms with Crippen LogP contribution in [0.4, 0.5) is 0 Å². The Labute approximate surface area is 147 Å². The van der Waals surface area contributed by atoms with Crippen LogP contribution in [0.15, 0.2) is 18.2 Å². The van der Waals surface area contributed by atoms with E-state index in [0.717, 1.165) is 12.8 Å². The summed E-state index contributed by atoms with van der Waals surface area (Å²) in [6, 6.07) is 4.69. The summed E-state index contributed by atoms with van der Waals surface area (Å²) in [6.07, 6.45) is 1.84. The first-order chi connectivity index (χ1) is 10.7. The number of nitrogens with zero attached hydrogens (tertiary/aromatic N) is 1. The molecule has 1 fully saturated rings. The van der Waals surface area contributed by atoms with E-state index in [2.05, 4.69) is 6.92 Å². The van der Waals surface area contributed by atoms with Gasteiger partial charge in [0.2, 0.25) is 5.91 Å². The summed E-state index contributed by atoms with van der Waals surface area (Å²) in [7, 11) is -3.63. The number of amides is 1. The van der Waals surface area contributed by atoms with E-state index in [0.29, 0.717) is 34.6 Å². The van der Waals surface area contributed by atoms with Crippen LogP contribution >= 0.6 is 23.2 Å². The molecule has 0 aromatic heterocycles. The molecule has 1 aliphatic rings. The van der Waals surface area contributed by atoms with Crippen LogP contribution < -0.4 is 0 Å². The van der Waals surface area contributed by atoms with E-state index in [9.17, 15) is 13.2 Å². The monoisotopic (exact) mass is 377 g/mol. The van der Waals surface area contributed by atoms with Crippen LogP contribution in [0.25, 0.3) is 0 Å². The summed E-state index contributed by atoms with van der Waals surface area (Å²) in [6.45, 7) is 4.85. The Morgan fingerprint density at radius 3 is 2.48 bits per heavy atom. The minimum atomic E-state index is -3.63. The molecule has 1 aromatic rings. The van der Waals surface area contributed by atoms with Crippen molar-refractivity contribution in [2.75, 3.05) is 13.1 Å². The first-order valence-electron chi connectivity index (χ1n) is 7.65. The van der Waals surface area contributed by atoms with Gasteiger partial charge in [-0.3, -0.25) is 4.79 Å². The fourth-order valence-electron chi connectivity index (χ4n) is 2.62. The molecule has 1 saturated heterocycles. The first-order valence-corrected chi connectivity index (χ1v) is 10.1. The second-order valence-electron chi connectivity index (χ2n) is 6.19. The molecule has 4 nitrogen and oxygen atoms in total. The third kappa shape index (κ3) is 4.61. The summed E-state index contributed by atoms with van der Waals surface area (Å²) < 4.78 is 25.1. The number of halogens is 2. The Morgan fingerprint density at radius 2 is 1.91 bits per heavy atom. The van der Waals surface area contributed by atoms with E-state index in [-0.39, 0.29) is 11.7 Å². The maximum atomic E-state index is 12.5. The van der Waals surface area contributed by atoms with Crippen molar-refractivity contribution < 1.29 is 13.2 Å². The Morgan fingerprint density at radius 1 is 1.30 bits per heavy atom. The van der Waals surface area contributed by atoms with Crippen molar-refractivity contribution in [3.8, 4) is 0 Å². The average Bonchev–Trinajstić information content (AvgIpc) is 2.49. The summed E-state index contributed by atoms with van der Waals surface area (Å²) in [5, 5.41) is -0.321. The number of carbonyl (C=O) groups is 1. The zero-order chi connectivity index (χ0) is 17.2. The van der Waals surface area contributed by atoms with Crippen LogP contribution in [0, 0.1) is 5.92 Å². The number of carbonyl (C=O) groups excluding carboxylic acids is 1. The predicted octanol–water partition coefficient (Wildman–Crippen LogP) is 3.56. The molecule has 0 spiro atoms. The van der Waals surface area contributed by atoms with Crippen LogP contribution in [0.3, 0.4) is 0 Å². The maximum absolute atomic E-state index is 12.5. The molecule has 23 heavy (non-hydrogen) atoms. The molecule has 7 heteroatoms. The first kappa shape index (κ1) is 18.6. The van der Waals surface area contributed by atoms with Crippen molar-refractivity contribution in [1.82, 2.24) is 4.90 Å².